The first-order valence-electron chi connectivity index (χ1n) is 10.4. The van der Waals surface area contributed by atoms with Crippen LogP contribution in [-0.2, 0) is 11.3 Å². The number of hydrogen-bond donors (Lipinski definition) is 0. The highest BCUT2D eigenvalue weighted by Crippen LogP contribution is 2.35. The Balaban J connectivity index is 1.69. The summed E-state index contributed by atoms with van der Waals surface area (Å²) in [6.07, 6.45) is 3.90. The van der Waals surface area contributed by atoms with Crippen molar-refractivity contribution in [3.8, 4) is 5.69 Å². The largest absolute Gasteiger partial charge is 0.372 e. The molecule has 0 spiro atoms. The van der Waals surface area contributed by atoms with Gasteiger partial charge in [0.1, 0.15) is 5.82 Å². The number of hydrogen-bond acceptors (Lipinski definition) is 3. The number of fused-ring (bicyclic) bond motifs is 1. The van der Waals surface area contributed by atoms with Crippen LogP contribution < -0.4 is 0 Å². The molecule has 0 aliphatic carbocycles. The lowest BCUT2D eigenvalue weighted by Gasteiger charge is -2.20. The van der Waals surface area contributed by atoms with Crippen molar-refractivity contribution in [1.82, 2.24) is 14.7 Å². The van der Waals surface area contributed by atoms with E-state index in [1.165, 1.54) is 12.1 Å². The molecule has 0 unspecified atom stereocenters. The molecule has 3 heterocycles. The summed E-state index contributed by atoms with van der Waals surface area (Å²) in [6, 6.07) is 11.4. The molecule has 8 heteroatoms. The lowest BCUT2D eigenvalue weighted by molar-refractivity contribution is 0.0779. The first kappa shape index (κ1) is 21.2. The van der Waals surface area contributed by atoms with Gasteiger partial charge in [-0.3, -0.25) is 4.79 Å². The van der Waals surface area contributed by atoms with Crippen LogP contribution in [0.5, 0.6) is 0 Å². The molecule has 164 valence electrons. The second-order valence-corrected chi connectivity index (χ2v) is 8.74. The average Bonchev–Trinajstić information content (AvgIpc) is 3.44. The number of halogens is 3. The maximum atomic E-state index is 13.4. The normalized spacial score (nSPS) is 17.1. The molecular weight excluding hydrogens is 452 g/mol. The smallest absolute Gasteiger partial charge is 0.274 e. The van der Waals surface area contributed by atoms with Crippen molar-refractivity contribution in [2.24, 2.45) is 0 Å². The van der Waals surface area contributed by atoms with Gasteiger partial charge in [0, 0.05) is 29.2 Å². The molecule has 32 heavy (non-hydrogen) atoms. The number of ether oxygens (including phenoxy) is 1. The summed E-state index contributed by atoms with van der Waals surface area (Å²) >= 11 is 12.6. The number of rotatable bonds is 3. The summed E-state index contributed by atoms with van der Waals surface area (Å²) < 4.78 is 20.9. The Hall–Kier alpha value is -2.67. The summed E-state index contributed by atoms with van der Waals surface area (Å²) in [6.45, 7) is 2.05. The number of carbonyl (C=O) groups is 1. The highest BCUT2D eigenvalue weighted by Gasteiger charge is 2.32. The molecule has 2 aliphatic rings. The van der Waals surface area contributed by atoms with Gasteiger partial charge in [0.2, 0.25) is 0 Å². The Morgan fingerprint density at radius 3 is 2.53 bits per heavy atom. The van der Waals surface area contributed by atoms with Crippen molar-refractivity contribution >= 4 is 40.8 Å². The van der Waals surface area contributed by atoms with E-state index in [-0.39, 0.29) is 18.3 Å². The van der Waals surface area contributed by atoms with Gasteiger partial charge < -0.3 is 9.64 Å². The molecule has 0 N–H and O–H groups in total. The summed E-state index contributed by atoms with van der Waals surface area (Å²) in [7, 11) is 0. The van der Waals surface area contributed by atoms with E-state index >= 15 is 0 Å². The Morgan fingerprint density at radius 2 is 1.81 bits per heavy atom. The molecule has 1 saturated heterocycles. The van der Waals surface area contributed by atoms with E-state index in [4.69, 9.17) is 33.0 Å². The summed E-state index contributed by atoms with van der Waals surface area (Å²) in [4.78, 5) is 15.1. The van der Waals surface area contributed by atoms with Crippen molar-refractivity contribution in [1.29, 1.82) is 0 Å². The standard InChI is InChI=1S/C24H20Cl2FN3O2/c25-17-5-8-21(20(26)12-17)30-23-16(11-15-3-6-18(27)7-4-15)13-32-14-19(23)22(28-30)24(31)29-9-1-2-10-29/h3-8,11-12H,1-2,9-10,13-14H2. The van der Waals surface area contributed by atoms with E-state index < -0.39 is 0 Å². The molecule has 0 radical (unpaired) electrons. The molecule has 5 nitrogen and oxygen atoms in total. The molecule has 0 saturated carbocycles. The second kappa shape index (κ2) is 8.70. The number of amides is 1. The third-order valence-electron chi connectivity index (χ3n) is 5.74. The van der Waals surface area contributed by atoms with Gasteiger partial charge in [0.25, 0.3) is 5.91 Å². The van der Waals surface area contributed by atoms with Gasteiger partial charge in [-0.05, 0) is 54.8 Å². The highest BCUT2D eigenvalue weighted by atomic mass is 35.5. The number of carbonyl (C=O) groups excluding carboxylic acids is 1. The van der Waals surface area contributed by atoms with Crippen molar-refractivity contribution in [3.63, 3.8) is 0 Å². The van der Waals surface area contributed by atoms with E-state index in [9.17, 15) is 9.18 Å². The molecule has 1 aromatic heterocycles. The molecule has 0 atom stereocenters. The maximum Gasteiger partial charge on any atom is 0.274 e. The van der Waals surface area contributed by atoms with Crippen molar-refractivity contribution in [2.45, 2.75) is 19.4 Å². The zero-order valence-electron chi connectivity index (χ0n) is 17.2. The van der Waals surface area contributed by atoms with Crippen LogP contribution in [0.15, 0.2) is 42.5 Å². The lowest BCUT2D eigenvalue weighted by atomic mass is 10.0. The third-order valence-corrected chi connectivity index (χ3v) is 6.27. The van der Waals surface area contributed by atoms with Gasteiger partial charge in [0.05, 0.1) is 29.6 Å². The second-order valence-electron chi connectivity index (χ2n) is 7.90. The Labute approximate surface area is 195 Å². The summed E-state index contributed by atoms with van der Waals surface area (Å²) in [5.41, 5.74) is 4.15. The van der Waals surface area contributed by atoms with Crippen LogP contribution in [0.3, 0.4) is 0 Å². The number of likely N-dealkylation sites (tertiary alicyclic amines) is 1. The molecule has 1 amide bonds. The zero-order chi connectivity index (χ0) is 22.2. The van der Waals surface area contributed by atoms with E-state index in [0.717, 1.165) is 48.3 Å². The molecule has 2 aliphatic heterocycles. The van der Waals surface area contributed by atoms with E-state index in [0.29, 0.717) is 28.0 Å². The Morgan fingerprint density at radius 1 is 1.06 bits per heavy atom. The average molecular weight is 472 g/mol. The van der Waals surface area contributed by atoms with Crippen LogP contribution in [0.1, 0.15) is 40.2 Å². The van der Waals surface area contributed by atoms with Crippen molar-refractivity contribution in [2.75, 3.05) is 19.7 Å². The predicted molar refractivity (Wildman–Crippen MR) is 123 cm³/mol. The van der Waals surface area contributed by atoms with Crippen LogP contribution in [0.25, 0.3) is 17.3 Å². The number of nitrogens with zero attached hydrogens (tertiary/aromatic N) is 3. The van der Waals surface area contributed by atoms with Gasteiger partial charge in [0.15, 0.2) is 5.69 Å². The van der Waals surface area contributed by atoms with Gasteiger partial charge >= 0.3 is 0 Å². The van der Waals surface area contributed by atoms with E-state index in [1.807, 2.05) is 11.0 Å². The van der Waals surface area contributed by atoms with Crippen LogP contribution in [0.2, 0.25) is 10.0 Å². The first-order chi connectivity index (χ1) is 15.5. The van der Waals surface area contributed by atoms with Crippen molar-refractivity contribution in [3.05, 3.63) is 80.8 Å². The summed E-state index contributed by atoms with van der Waals surface area (Å²) in [5.74, 6) is -0.404. The Bertz CT molecular complexity index is 1210. The Kier molecular flexibility index (Phi) is 5.76. The van der Waals surface area contributed by atoms with Crippen LogP contribution in [0.4, 0.5) is 4.39 Å². The lowest BCUT2D eigenvalue weighted by Crippen LogP contribution is -2.29. The maximum absolute atomic E-state index is 13.4. The minimum atomic E-state index is -0.302. The molecule has 2 aromatic carbocycles. The third kappa shape index (κ3) is 3.94. The molecule has 1 fully saturated rings. The quantitative estimate of drug-likeness (QED) is 0.497. The highest BCUT2D eigenvalue weighted by molar-refractivity contribution is 6.35. The SMILES string of the molecule is O=C(c1nn(-c2ccc(Cl)cc2Cl)c2c1COCC2=Cc1ccc(F)cc1)N1CCCC1. The molecule has 3 aromatic rings. The van der Waals surface area contributed by atoms with Gasteiger partial charge in [-0.15, -0.1) is 0 Å². The van der Waals surface area contributed by atoms with Crippen LogP contribution >= 0.6 is 23.2 Å². The topological polar surface area (TPSA) is 47.4 Å². The number of benzene rings is 2. The minimum absolute atomic E-state index is 0.103. The fraction of sp³-hybridized carbons (Fsp3) is 0.250. The van der Waals surface area contributed by atoms with Gasteiger partial charge in [-0.25, -0.2) is 9.07 Å². The zero-order valence-corrected chi connectivity index (χ0v) is 18.7. The van der Waals surface area contributed by atoms with Crippen LogP contribution in [0, 0.1) is 5.82 Å². The van der Waals surface area contributed by atoms with Crippen molar-refractivity contribution < 1.29 is 13.9 Å². The monoisotopic (exact) mass is 471 g/mol. The minimum Gasteiger partial charge on any atom is -0.372 e. The fourth-order valence-corrected chi connectivity index (χ4v) is 4.68. The van der Waals surface area contributed by atoms with Gasteiger partial charge in [-0.1, -0.05) is 35.3 Å². The van der Waals surface area contributed by atoms with Gasteiger partial charge in [-0.2, -0.15) is 5.10 Å². The number of aromatic nitrogens is 2. The summed E-state index contributed by atoms with van der Waals surface area (Å²) in [5, 5.41) is 5.66. The fourth-order valence-electron chi connectivity index (χ4n) is 4.19. The first-order valence-corrected chi connectivity index (χ1v) is 11.2. The molecule has 5 rings (SSSR count). The predicted octanol–water partition coefficient (Wildman–Crippen LogP) is 5.63. The van der Waals surface area contributed by atoms with E-state index in [1.54, 1.807) is 35.0 Å². The van der Waals surface area contributed by atoms with Crippen LogP contribution in [-0.4, -0.2) is 40.3 Å². The molecular formula is C24H20Cl2FN3O2. The molecule has 0 bridgehead atoms. The van der Waals surface area contributed by atoms with E-state index in [2.05, 4.69) is 0 Å².